The van der Waals surface area contributed by atoms with Gasteiger partial charge in [-0.05, 0) is 305 Å². The molecule has 2 saturated carbocycles. The first-order valence-electron chi connectivity index (χ1n) is 49.9. The van der Waals surface area contributed by atoms with E-state index in [-0.39, 0.29) is 129 Å². The normalized spacial score (nSPS) is 17.2. The number of Topliss-reactive ketones (excluding diaryl/α,β-unsaturated/α-hetero) is 1. The molecule has 144 heavy (non-hydrogen) atoms. The van der Waals surface area contributed by atoms with Crippen LogP contribution >= 0.6 is 0 Å². The number of likely N-dealkylation sites (N-methyl/N-ethyl adjacent to an activating group) is 3. The number of aromatic hydroxyl groups is 1. The van der Waals surface area contributed by atoms with Gasteiger partial charge in [0.2, 0.25) is 5.43 Å². The number of ether oxygens (including phenoxy) is 7. The number of carbonyl (C=O) groups excluding carboxylic acids is 9. The molecule has 6 rings (SSSR count). The van der Waals surface area contributed by atoms with Crippen LogP contribution in [0.15, 0.2) is 65.2 Å². The molecular formula is C103H187BFN15O24. The second kappa shape index (κ2) is 77.4. The van der Waals surface area contributed by atoms with Crippen LogP contribution in [0.1, 0.15) is 309 Å². The summed E-state index contributed by atoms with van der Waals surface area (Å²) in [6.45, 7) is 54.3. The fourth-order valence-corrected chi connectivity index (χ4v) is 12.8. The average molecular weight is 2050 g/mol. The average Bonchev–Trinajstić information content (AvgIpc) is 1.23. The number of nitrogens with two attached hydrogens (primary N) is 3. The number of aryl methyl sites for hydroxylation is 1. The van der Waals surface area contributed by atoms with E-state index in [9.17, 15) is 62.5 Å². The van der Waals surface area contributed by atoms with Crippen molar-refractivity contribution in [3.63, 3.8) is 0 Å². The number of hydrogen-bond donors (Lipinski definition) is 11. The first-order valence-corrected chi connectivity index (χ1v) is 49.9. The van der Waals surface area contributed by atoms with Crippen molar-refractivity contribution in [2.75, 3.05) is 108 Å². The fourth-order valence-electron chi connectivity index (χ4n) is 12.8. The zero-order valence-corrected chi connectivity index (χ0v) is 93.0. The predicted molar refractivity (Wildman–Crippen MR) is 562 cm³/mol. The molecule has 2 aliphatic heterocycles. The summed E-state index contributed by atoms with van der Waals surface area (Å²) in [7, 11) is 10.9. The molecule has 14 N–H and O–H groups in total. The number of carbonyl (C=O) groups is 9. The number of aliphatic hydroxyl groups is 5. The Kier molecular flexibility index (Phi) is 76.6. The first-order chi connectivity index (χ1) is 66.8. The van der Waals surface area contributed by atoms with E-state index in [1.165, 1.54) is 59.6 Å². The molecule has 6 amide bonds. The van der Waals surface area contributed by atoms with Gasteiger partial charge in [0.1, 0.15) is 40.0 Å². The van der Waals surface area contributed by atoms with Crippen LogP contribution in [-0.2, 0) is 60.4 Å². The van der Waals surface area contributed by atoms with Gasteiger partial charge in [0.25, 0.3) is 5.91 Å². The summed E-state index contributed by atoms with van der Waals surface area (Å²) < 4.78 is 58.9. The molecule has 4 aliphatic rings. The number of azide groups is 1. The van der Waals surface area contributed by atoms with Gasteiger partial charge in [0.15, 0.2) is 17.2 Å². The van der Waals surface area contributed by atoms with Crippen LogP contribution in [0, 0.1) is 35.5 Å². The van der Waals surface area contributed by atoms with Crippen molar-refractivity contribution in [1.29, 1.82) is 0 Å². The van der Waals surface area contributed by atoms with Gasteiger partial charge in [-0.2, -0.15) is 0 Å². The van der Waals surface area contributed by atoms with Crippen LogP contribution in [0.4, 0.5) is 28.4 Å². The molecule has 11 atom stereocenters. The van der Waals surface area contributed by atoms with Crippen LogP contribution in [0.5, 0.6) is 5.75 Å². The fraction of sp³-hybridized carbons (Fsp3) is 0.748. The second-order valence-corrected chi connectivity index (χ2v) is 40.8. The Morgan fingerprint density at radius 3 is 1.52 bits per heavy atom. The number of nitrogens with one attached hydrogen (secondary N) is 2. The number of aliphatic hydroxyl groups excluding tert-OH is 5. The van der Waals surface area contributed by atoms with Gasteiger partial charge < -0.3 is 116 Å². The summed E-state index contributed by atoms with van der Waals surface area (Å²) >= 11 is 0. The van der Waals surface area contributed by atoms with Crippen molar-refractivity contribution in [3.8, 4) is 17.7 Å². The molecule has 0 spiro atoms. The molecule has 1 aromatic carbocycles. The van der Waals surface area contributed by atoms with Gasteiger partial charge in [0.05, 0.1) is 44.0 Å². The molecule has 1 saturated heterocycles. The van der Waals surface area contributed by atoms with E-state index in [4.69, 9.17) is 76.3 Å². The molecule has 2 aromatic rings. The van der Waals surface area contributed by atoms with Crippen LogP contribution in [0.2, 0.25) is 0 Å². The molecule has 2 aliphatic carbocycles. The SMILES string of the molecule is C=CC(=O)OCC.CC(C)(C)OC(=O)N[C@H]1CCCC[C@H]1CO.CC(C)CN.CCOC(=O)/C=C/[C@H](C)N(C)C(=O)OC(C)(C)C.CN[C@@H](C)CCCN.C[C@@H](CCCN=[N+]=[N-])N(C)C(=O)OC(C)(C)C.C[C@@H](CCCO)N(C)C(=O)OC(C)(C)C.C[C@@H](CO)N(C)C(=O)OC(C)(C)C.C[C@H]1CCCN2C(=O)c3c(O)c(=O)c(C(=O)CCc4ccc(F)cc4)cn3CC2N1C.N[C@H]1CCCC[C@H]1CO.O=BC#CO. The molecule has 0 radical (unpaired) electrons. The summed E-state index contributed by atoms with van der Waals surface area (Å²) in [5.41, 5.74) is 21.7. The summed E-state index contributed by atoms with van der Waals surface area (Å²) in [6, 6.07) is 6.77. The third kappa shape index (κ3) is 69.1. The number of amides is 6. The number of esters is 2. The van der Waals surface area contributed by atoms with E-state index < -0.39 is 69.0 Å². The Hall–Kier alpha value is -10.0. The second-order valence-electron chi connectivity index (χ2n) is 40.8. The molecule has 1 aromatic heterocycles. The summed E-state index contributed by atoms with van der Waals surface area (Å²) in [6.07, 6.45) is 21.2. The number of alkyl carbamates (subject to hydrolysis) is 1. The van der Waals surface area contributed by atoms with Gasteiger partial charge >= 0.3 is 71.3 Å². The Morgan fingerprint density at radius 1 is 0.667 bits per heavy atom. The third-order valence-corrected chi connectivity index (χ3v) is 22.0. The van der Waals surface area contributed by atoms with Crippen molar-refractivity contribution in [2.45, 2.75) is 378 Å². The molecule has 3 fully saturated rings. The minimum absolute atomic E-state index is 0.0418. The van der Waals surface area contributed by atoms with Crippen LogP contribution < -0.4 is 33.3 Å². The number of ketones is 1. The topological polar surface area (TPSA) is 549 Å². The number of nitrogens with zero attached hydrogens (tertiary/aromatic N) is 10. The molecule has 41 heteroatoms. The summed E-state index contributed by atoms with van der Waals surface area (Å²) in [4.78, 5) is 130. The zero-order chi connectivity index (χ0) is 112. The van der Waals surface area contributed by atoms with Crippen molar-refractivity contribution in [1.82, 2.24) is 44.6 Å². The Balaban J connectivity index is -0.000000513. The third-order valence-electron chi connectivity index (χ3n) is 22.0. The summed E-state index contributed by atoms with van der Waals surface area (Å²) in [5.74, 6) is 0.356. The van der Waals surface area contributed by atoms with Crippen molar-refractivity contribution in [3.05, 3.63) is 98.6 Å². The van der Waals surface area contributed by atoms with Gasteiger partial charge in [-0.25, -0.2) is 38.0 Å². The molecule has 3 heterocycles. The van der Waals surface area contributed by atoms with E-state index in [1.807, 2.05) is 111 Å². The van der Waals surface area contributed by atoms with Gasteiger partial charge in [0, 0.05) is 133 Å². The molecule has 39 nitrogen and oxygen atoms in total. The Morgan fingerprint density at radius 2 is 1.12 bits per heavy atom. The number of pyridine rings is 1. The molecule has 828 valence electrons. The van der Waals surface area contributed by atoms with Crippen molar-refractivity contribution < 1.29 is 116 Å². The van der Waals surface area contributed by atoms with Crippen LogP contribution in [0.25, 0.3) is 10.4 Å². The number of hydrogen-bond acceptors (Lipinski definition) is 30. The standard InChI is InChI=1S/C23H26FN3O4.C13H23NO4.C12H23NO3.C11H22N4O2.C11H23NO3.C9H19NO3.C7H15NO.C6H16N2.C5H8O2.C4H11N.C2HBO2/c1-14-4-3-11-27-19(25(14)2)13-26-12-17(21(29)22(30)20(26)23(27)31)18(28)10-7-15-5-8-16(24)9-6-15;1-7-17-11(15)9-8-10(2)14(6)12(16)18-13(3,4)5;1-12(2,3)16-11(15)13-10-7-5-4-6-9(10)8-14;1-9(7-6-8-13-14-12)15(5)10(16)17-11(2,3)4;1-9(7-6-8-13)12(5)10(14)15-11(2,3)4;1-7(6-11)10(5)8(12)13-9(2,3)4;8-7-4-2-1-3-6(7)5-9;1-6(8-2)4-3-5-7;1-3-5(6)7-4-2;1-4(2)3-5;4-2-1-3-5/h5-6,8-9,12,14,19,30H,3-4,7,10-11,13H2,1-2H3;8-10H,7H2,1-6H3;9-10,14H,4-8H2,1-3H3,(H,13,15);9H,6-8H2,1-5H3;9,13H,6-8H2,1-5H3;7,11H,6H2,1-5H3;6-7,9H,1-5,8H2;6,8H,3-5,7H2,1-2H3;3H,1,4H2,2H3;4H,3,5H2,1-2H3;4H/b;9-8+;;;;;;;;;/t14-,19?;10-;9-,10-;2*9-;7-;6-,7-;6-;;;/m00000000.../s1. The first kappa shape index (κ1) is 142. The maximum absolute atomic E-state index is 13.1. The number of fused-ring (bicyclic) bond motifs is 2. The van der Waals surface area contributed by atoms with E-state index in [0.29, 0.717) is 70.7 Å². The maximum atomic E-state index is 13.1. The number of rotatable bonds is 29. The van der Waals surface area contributed by atoms with Gasteiger partial charge in [-0.3, -0.25) is 19.3 Å². The van der Waals surface area contributed by atoms with Gasteiger partial charge in [-0.1, -0.05) is 69.4 Å². The molecule has 1 unspecified atom stereocenters. The van der Waals surface area contributed by atoms with Crippen LogP contribution in [0.3, 0.4) is 0 Å². The van der Waals surface area contributed by atoms with E-state index in [1.54, 1.807) is 120 Å². The Labute approximate surface area is 859 Å². The Bertz CT molecular complexity index is 4180. The predicted octanol–water partition coefficient (Wildman–Crippen LogP) is 14.9. The monoisotopic (exact) mass is 2050 g/mol. The van der Waals surface area contributed by atoms with Crippen molar-refractivity contribution in [2.24, 2.45) is 40.1 Å². The quantitative estimate of drug-likeness (QED) is 0.00344. The van der Waals surface area contributed by atoms with Crippen molar-refractivity contribution >= 4 is 61.2 Å². The van der Waals surface area contributed by atoms with Crippen LogP contribution in [-0.4, -0.2) is 316 Å². The minimum atomic E-state index is -0.821. The van der Waals surface area contributed by atoms with E-state index in [2.05, 4.69) is 64.6 Å². The molecule has 0 bridgehead atoms. The number of benzene rings is 1. The number of halogens is 1. The molecular weight excluding hydrogens is 1860 g/mol. The van der Waals surface area contributed by atoms with Gasteiger partial charge in [-0.15, -0.1) is 0 Å². The summed E-state index contributed by atoms with van der Waals surface area (Å²) in [5, 5.41) is 63.0. The van der Waals surface area contributed by atoms with E-state index in [0.717, 1.165) is 102 Å². The zero-order valence-electron chi connectivity index (χ0n) is 93.0. The number of aromatic nitrogens is 1. The van der Waals surface area contributed by atoms with E-state index >= 15 is 0 Å².